The molecule has 1 aliphatic heterocycles. The highest BCUT2D eigenvalue weighted by atomic mass is 32.2. The normalized spacial score (nSPS) is 17.2. The largest absolute Gasteiger partial charge is 0.326 e. The Balaban J connectivity index is 1.73. The standard InChI is InChI=1S/C21H24N2O4S2/c1-4-15-6-5-7-16(11-15)22-20(24)10-13(2)29(26,27)17-8-9-19-18(12-17)23-21(25)14(3)28-19/h5-9,11-14H,4,10H2,1-3H3,(H,22,24)(H,23,25)/t13-,14-/m1/s1. The molecule has 0 unspecified atom stereocenters. The Hall–Kier alpha value is -2.32. The van der Waals surface area contributed by atoms with E-state index in [1.807, 2.05) is 25.1 Å². The van der Waals surface area contributed by atoms with Crippen molar-refractivity contribution < 1.29 is 18.0 Å². The predicted molar refractivity (Wildman–Crippen MR) is 116 cm³/mol. The molecule has 0 bridgehead atoms. The second-order valence-electron chi connectivity index (χ2n) is 7.07. The topological polar surface area (TPSA) is 92.3 Å². The molecule has 8 heteroatoms. The van der Waals surface area contributed by atoms with Gasteiger partial charge in [0, 0.05) is 17.0 Å². The number of fused-ring (bicyclic) bond motifs is 1. The maximum absolute atomic E-state index is 13.0. The van der Waals surface area contributed by atoms with Crippen LogP contribution in [-0.2, 0) is 25.8 Å². The number of carbonyl (C=O) groups excluding carboxylic acids is 2. The summed E-state index contributed by atoms with van der Waals surface area (Å²) >= 11 is 1.39. The van der Waals surface area contributed by atoms with Gasteiger partial charge in [-0.05, 0) is 56.2 Å². The number of nitrogens with one attached hydrogen (secondary N) is 2. The quantitative estimate of drug-likeness (QED) is 0.723. The highest BCUT2D eigenvalue weighted by Gasteiger charge is 2.29. The van der Waals surface area contributed by atoms with E-state index in [0.717, 1.165) is 16.9 Å². The zero-order valence-corrected chi connectivity index (χ0v) is 18.2. The van der Waals surface area contributed by atoms with Crippen LogP contribution in [0.3, 0.4) is 0 Å². The van der Waals surface area contributed by atoms with Gasteiger partial charge in [0.25, 0.3) is 0 Å². The van der Waals surface area contributed by atoms with Crippen molar-refractivity contribution in [2.24, 2.45) is 0 Å². The van der Waals surface area contributed by atoms with Gasteiger partial charge in [0.15, 0.2) is 9.84 Å². The van der Waals surface area contributed by atoms with Gasteiger partial charge in [-0.1, -0.05) is 19.1 Å². The molecule has 2 aromatic rings. The van der Waals surface area contributed by atoms with Gasteiger partial charge in [-0.25, -0.2) is 8.42 Å². The van der Waals surface area contributed by atoms with Crippen LogP contribution in [0.2, 0.25) is 0 Å². The Morgan fingerprint density at radius 2 is 2.00 bits per heavy atom. The number of amides is 2. The fourth-order valence-electron chi connectivity index (χ4n) is 3.05. The van der Waals surface area contributed by atoms with Crippen LogP contribution in [0.5, 0.6) is 0 Å². The van der Waals surface area contributed by atoms with Gasteiger partial charge in [0.1, 0.15) is 0 Å². The van der Waals surface area contributed by atoms with Crippen molar-refractivity contribution in [2.45, 2.75) is 53.9 Å². The molecule has 0 fully saturated rings. The van der Waals surface area contributed by atoms with Crippen LogP contribution in [0, 0.1) is 0 Å². The number of hydrogen-bond donors (Lipinski definition) is 2. The molecule has 2 aromatic carbocycles. The van der Waals surface area contributed by atoms with Gasteiger partial charge < -0.3 is 10.6 Å². The lowest BCUT2D eigenvalue weighted by Gasteiger charge is -2.22. The van der Waals surface area contributed by atoms with Crippen LogP contribution in [-0.4, -0.2) is 30.7 Å². The Kier molecular flexibility index (Phi) is 6.33. The minimum absolute atomic E-state index is 0.0972. The molecule has 154 valence electrons. The van der Waals surface area contributed by atoms with E-state index in [-0.39, 0.29) is 28.4 Å². The van der Waals surface area contributed by atoms with Crippen molar-refractivity contribution in [3.8, 4) is 0 Å². The summed E-state index contributed by atoms with van der Waals surface area (Å²) < 4.78 is 25.9. The number of benzene rings is 2. The molecule has 0 radical (unpaired) electrons. The SMILES string of the molecule is CCc1cccc(NC(=O)C[C@@H](C)S(=O)(=O)c2ccc3c(c2)NC(=O)[C@@H](C)S3)c1. The lowest BCUT2D eigenvalue weighted by Crippen LogP contribution is -2.27. The number of thioether (sulfide) groups is 1. The first kappa shape index (κ1) is 21.4. The zero-order valence-electron chi connectivity index (χ0n) is 16.6. The Morgan fingerprint density at radius 1 is 1.24 bits per heavy atom. The monoisotopic (exact) mass is 432 g/mol. The van der Waals surface area contributed by atoms with Gasteiger partial charge in [-0.2, -0.15) is 0 Å². The van der Waals surface area contributed by atoms with E-state index in [2.05, 4.69) is 10.6 Å². The Labute approximate surface area is 175 Å². The number of anilines is 2. The van der Waals surface area contributed by atoms with Gasteiger partial charge >= 0.3 is 0 Å². The Morgan fingerprint density at radius 3 is 2.72 bits per heavy atom. The molecule has 2 amide bonds. The number of carbonyl (C=O) groups is 2. The number of hydrogen-bond acceptors (Lipinski definition) is 5. The molecular formula is C21H24N2O4S2. The maximum atomic E-state index is 13.0. The average Bonchev–Trinajstić information content (AvgIpc) is 2.68. The number of rotatable bonds is 6. The van der Waals surface area contributed by atoms with Gasteiger partial charge in [0.2, 0.25) is 11.8 Å². The van der Waals surface area contributed by atoms with Crippen LogP contribution in [0.15, 0.2) is 52.3 Å². The molecule has 2 N–H and O–H groups in total. The van der Waals surface area contributed by atoms with E-state index in [0.29, 0.717) is 11.4 Å². The third kappa shape index (κ3) is 4.82. The molecule has 29 heavy (non-hydrogen) atoms. The lowest BCUT2D eigenvalue weighted by molar-refractivity contribution is -0.116. The minimum atomic E-state index is -3.73. The van der Waals surface area contributed by atoms with E-state index in [1.165, 1.54) is 30.8 Å². The van der Waals surface area contributed by atoms with Gasteiger partial charge in [-0.3, -0.25) is 9.59 Å². The third-order valence-electron chi connectivity index (χ3n) is 4.83. The first-order chi connectivity index (χ1) is 13.7. The Bertz CT molecular complexity index is 1050. The van der Waals surface area contributed by atoms with Crippen molar-refractivity contribution in [1.29, 1.82) is 0 Å². The molecule has 3 rings (SSSR count). The predicted octanol–water partition coefficient (Wildman–Crippen LogP) is 3.87. The maximum Gasteiger partial charge on any atom is 0.237 e. The lowest BCUT2D eigenvalue weighted by atomic mass is 10.1. The van der Waals surface area contributed by atoms with E-state index < -0.39 is 15.1 Å². The molecule has 1 heterocycles. The second-order valence-corrected chi connectivity index (χ2v) is 10.8. The van der Waals surface area contributed by atoms with Gasteiger partial charge in [0.05, 0.1) is 21.1 Å². The first-order valence-electron chi connectivity index (χ1n) is 9.45. The van der Waals surface area contributed by atoms with Crippen molar-refractivity contribution in [1.82, 2.24) is 0 Å². The van der Waals surface area contributed by atoms with E-state index in [9.17, 15) is 18.0 Å². The fourth-order valence-corrected chi connectivity index (χ4v) is 5.35. The van der Waals surface area contributed by atoms with Crippen LogP contribution >= 0.6 is 11.8 Å². The first-order valence-corrected chi connectivity index (χ1v) is 11.9. The summed E-state index contributed by atoms with van der Waals surface area (Å²) in [4.78, 5) is 25.2. The van der Waals surface area contributed by atoms with Gasteiger partial charge in [-0.15, -0.1) is 11.8 Å². The second kappa shape index (κ2) is 8.59. The van der Waals surface area contributed by atoms with Crippen molar-refractivity contribution in [3.05, 3.63) is 48.0 Å². The average molecular weight is 433 g/mol. The summed E-state index contributed by atoms with van der Waals surface area (Å²) in [6, 6.07) is 12.2. The molecule has 2 atom stereocenters. The molecule has 0 aromatic heterocycles. The van der Waals surface area contributed by atoms with Crippen LogP contribution in [0.25, 0.3) is 0 Å². The highest BCUT2D eigenvalue weighted by Crippen LogP contribution is 2.37. The van der Waals surface area contributed by atoms with E-state index in [1.54, 1.807) is 19.1 Å². The summed E-state index contributed by atoms with van der Waals surface area (Å²) in [6.45, 7) is 5.34. The molecule has 0 spiro atoms. The minimum Gasteiger partial charge on any atom is -0.326 e. The summed E-state index contributed by atoms with van der Waals surface area (Å²) in [5, 5.41) is 4.38. The van der Waals surface area contributed by atoms with Crippen molar-refractivity contribution in [3.63, 3.8) is 0 Å². The van der Waals surface area contributed by atoms with Crippen LogP contribution in [0.1, 0.15) is 32.8 Å². The smallest absolute Gasteiger partial charge is 0.237 e. The summed E-state index contributed by atoms with van der Waals surface area (Å²) in [5.41, 5.74) is 2.24. The highest BCUT2D eigenvalue weighted by molar-refractivity contribution is 8.01. The molecule has 0 aliphatic carbocycles. The number of sulfone groups is 1. The zero-order chi connectivity index (χ0) is 21.2. The van der Waals surface area contributed by atoms with Crippen LogP contribution in [0.4, 0.5) is 11.4 Å². The number of aryl methyl sites for hydroxylation is 1. The van der Waals surface area contributed by atoms with Crippen LogP contribution < -0.4 is 10.6 Å². The van der Waals surface area contributed by atoms with Crippen molar-refractivity contribution in [2.75, 3.05) is 10.6 Å². The van der Waals surface area contributed by atoms with E-state index in [4.69, 9.17) is 0 Å². The third-order valence-corrected chi connectivity index (χ3v) is 8.15. The molecule has 0 saturated carbocycles. The summed E-state index contributed by atoms with van der Waals surface area (Å²) in [5.74, 6) is -0.510. The molecular weight excluding hydrogens is 408 g/mol. The van der Waals surface area contributed by atoms with Crippen molar-refractivity contribution >= 4 is 44.8 Å². The molecule has 6 nitrogen and oxygen atoms in total. The fraction of sp³-hybridized carbons (Fsp3) is 0.333. The molecule has 0 saturated heterocycles. The summed E-state index contributed by atoms with van der Waals surface area (Å²) in [7, 11) is -3.73. The molecule has 1 aliphatic rings. The van der Waals surface area contributed by atoms with E-state index >= 15 is 0 Å². The summed E-state index contributed by atoms with van der Waals surface area (Å²) in [6.07, 6.45) is 0.689.